The number of ether oxygens (including phenoxy) is 1. The van der Waals surface area contributed by atoms with E-state index in [1.807, 2.05) is 0 Å². The van der Waals surface area contributed by atoms with Crippen molar-refractivity contribution in [3.63, 3.8) is 0 Å². The Morgan fingerprint density at radius 2 is 2.04 bits per heavy atom. The lowest BCUT2D eigenvalue weighted by molar-refractivity contribution is 0.122. The van der Waals surface area contributed by atoms with Gasteiger partial charge in [0.05, 0.1) is 13.2 Å². The van der Waals surface area contributed by atoms with Crippen molar-refractivity contribution >= 4 is 34.0 Å². The van der Waals surface area contributed by atoms with Crippen molar-refractivity contribution < 1.29 is 4.74 Å². The SMILES string of the molecule is CNCC1CCCN(Cc2ccc(Br)cc2N2CCOCC2)C1.Cl. The summed E-state index contributed by atoms with van der Waals surface area (Å²) in [6.07, 6.45) is 2.67. The van der Waals surface area contributed by atoms with Crippen LogP contribution in [0.5, 0.6) is 0 Å². The van der Waals surface area contributed by atoms with Gasteiger partial charge in [-0.1, -0.05) is 22.0 Å². The monoisotopic (exact) mass is 417 g/mol. The standard InChI is InChI=1S/C18H28BrN3O.ClH/c1-20-12-15-3-2-6-21(13-15)14-16-4-5-17(19)11-18(16)22-7-9-23-10-8-22;/h4-5,11,15,20H,2-3,6-10,12-14H2,1H3;1H. The van der Waals surface area contributed by atoms with Crippen molar-refractivity contribution in [1.82, 2.24) is 10.2 Å². The molecule has 0 spiro atoms. The highest BCUT2D eigenvalue weighted by atomic mass is 79.9. The van der Waals surface area contributed by atoms with Crippen LogP contribution in [-0.2, 0) is 11.3 Å². The summed E-state index contributed by atoms with van der Waals surface area (Å²) in [4.78, 5) is 5.09. The zero-order chi connectivity index (χ0) is 16.1. The summed E-state index contributed by atoms with van der Waals surface area (Å²) in [5.74, 6) is 0.788. The first-order valence-electron chi connectivity index (χ1n) is 8.74. The van der Waals surface area contributed by atoms with E-state index in [2.05, 4.69) is 56.3 Å². The molecule has 1 unspecified atom stereocenters. The van der Waals surface area contributed by atoms with Gasteiger partial charge in [0.1, 0.15) is 0 Å². The molecule has 2 fully saturated rings. The van der Waals surface area contributed by atoms with E-state index in [1.54, 1.807) is 0 Å². The first-order valence-corrected chi connectivity index (χ1v) is 9.53. The number of hydrogen-bond donors (Lipinski definition) is 1. The summed E-state index contributed by atoms with van der Waals surface area (Å²) in [5.41, 5.74) is 2.82. The maximum atomic E-state index is 5.51. The van der Waals surface area contributed by atoms with E-state index in [4.69, 9.17) is 4.74 Å². The molecule has 1 N–H and O–H groups in total. The fourth-order valence-corrected chi connectivity index (χ4v) is 4.11. The molecule has 0 amide bonds. The molecule has 1 aromatic carbocycles. The largest absolute Gasteiger partial charge is 0.378 e. The van der Waals surface area contributed by atoms with E-state index in [0.29, 0.717) is 0 Å². The van der Waals surface area contributed by atoms with Crippen molar-refractivity contribution in [2.24, 2.45) is 5.92 Å². The highest BCUT2D eigenvalue weighted by Gasteiger charge is 2.22. The van der Waals surface area contributed by atoms with Gasteiger partial charge in [0, 0.05) is 36.3 Å². The van der Waals surface area contributed by atoms with Crippen LogP contribution in [0.2, 0.25) is 0 Å². The molecule has 0 aromatic heterocycles. The molecule has 2 aliphatic rings. The number of likely N-dealkylation sites (tertiary alicyclic amines) is 1. The van der Waals surface area contributed by atoms with E-state index < -0.39 is 0 Å². The molecular weight excluding hydrogens is 390 g/mol. The number of halogens is 2. The number of rotatable bonds is 5. The topological polar surface area (TPSA) is 27.7 Å². The smallest absolute Gasteiger partial charge is 0.0642 e. The lowest BCUT2D eigenvalue weighted by Crippen LogP contribution is -2.40. The minimum absolute atomic E-state index is 0. The van der Waals surface area contributed by atoms with Gasteiger partial charge in [-0.15, -0.1) is 12.4 Å². The summed E-state index contributed by atoms with van der Waals surface area (Å²) in [5, 5.41) is 3.34. The summed E-state index contributed by atoms with van der Waals surface area (Å²) in [7, 11) is 2.06. The van der Waals surface area contributed by atoms with Gasteiger partial charge < -0.3 is 15.0 Å². The van der Waals surface area contributed by atoms with Gasteiger partial charge in [-0.3, -0.25) is 4.90 Å². The van der Waals surface area contributed by atoms with Gasteiger partial charge in [-0.25, -0.2) is 0 Å². The second kappa shape index (κ2) is 9.97. The van der Waals surface area contributed by atoms with Gasteiger partial charge in [-0.2, -0.15) is 0 Å². The van der Waals surface area contributed by atoms with Crippen LogP contribution in [0.25, 0.3) is 0 Å². The molecule has 2 heterocycles. The molecule has 2 saturated heterocycles. The molecule has 1 aromatic rings. The highest BCUT2D eigenvalue weighted by Crippen LogP contribution is 2.28. The number of nitrogens with zero attached hydrogens (tertiary/aromatic N) is 2. The van der Waals surface area contributed by atoms with Crippen LogP contribution in [0, 0.1) is 5.92 Å². The van der Waals surface area contributed by atoms with Crippen molar-refractivity contribution in [3.05, 3.63) is 28.2 Å². The molecule has 0 radical (unpaired) electrons. The summed E-state index contributed by atoms with van der Waals surface area (Å²) < 4.78 is 6.67. The second-order valence-corrected chi connectivity index (χ2v) is 7.59. The third kappa shape index (κ3) is 5.33. The van der Waals surface area contributed by atoms with E-state index in [0.717, 1.165) is 49.8 Å². The van der Waals surface area contributed by atoms with Gasteiger partial charge in [0.25, 0.3) is 0 Å². The van der Waals surface area contributed by atoms with Crippen molar-refractivity contribution in [3.8, 4) is 0 Å². The number of piperidine rings is 1. The van der Waals surface area contributed by atoms with Gasteiger partial charge in [0.15, 0.2) is 0 Å². The number of anilines is 1. The molecule has 0 saturated carbocycles. The lowest BCUT2D eigenvalue weighted by atomic mass is 9.97. The Hall–Kier alpha value is -0.330. The van der Waals surface area contributed by atoms with Crippen molar-refractivity contribution in [2.45, 2.75) is 19.4 Å². The summed E-state index contributed by atoms with van der Waals surface area (Å²) >= 11 is 3.64. The number of hydrogen-bond acceptors (Lipinski definition) is 4. The van der Waals surface area contributed by atoms with E-state index in [1.165, 1.54) is 37.2 Å². The number of morpholine rings is 1. The van der Waals surface area contributed by atoms with Crippen LogP contribution >= 0.6 is 28.3 Å². The molecule has 2 aliphatic heterocycles. The normalized spacial score (nSPS) is 22.2. The Morgan fingerprint density at radius 1 is 1.25 bits per heavy atom. The van der Waals surface area contributed by atoms with Crippen LogP contribution in [0.3, 0.4) is 0 Å². The van der Waals surface area contributed by atoms with Crippen LogP contribution in [0.4, 0.5) is 5.69 Å². The Kier molecular flexibility index (Phi) is 8.31. The summed E-state index contributed by atoms with van der Waals surface area (Å²) in [6.45, 7) is 8.27. The van der Waals surface area contributed by atoms with Gasteiger partial charge in [0.2, 0.25) is 0 Å². The predicted octanol–water partition coefficient (Wildman–Crippen LogP) is 3.14. The van der Waals surface area contributed by atoms with Crippen LogP contribution in [0.15, 0.2) is 22.7 Å². The van der Waals surface area contributed by atoms with Crippen LogP contribution in [0.1, 0.15) is 18.4 Å². The zero-order valence-corrected chi connectivity index (χ0v) is 16.9. The van der Waals surface area contributed by atoms with Crippen molar-refractivity contribution in [1.29, 1.82) is 0 Å². The Bertz CT molecular complexity index is 509. The second-order valence-electron chi connectivity index (χ2n) is 6.67. The molecule has 6 heteroatoms. The molecule has 3 rings (SSSR count). The molecule has 0 bridgehead atoms. The molecule has 1 atom stereocenters. The van der Waals surface area contributed by atoms with Crippen LogP contribution < -0.4 is 10.2 Å². The fraction of sp³-hybridized carbons (Fsp3) is 0.667. The lowest BCUT2D eigenvalue weighted by Gasteiger charge is -2.35. The third-order valence-electron chi connectivity index (χ3n) is 4.89. The Morgan fingerprint density at radius 3 is 2.79 bits per heavy atom. The van der Waals surface area contributed by atoms with E-state index >= 15 is 0 Å². The average molecular weight is 419 g/mol. The molecule has 136 valence electrons. The molecule has 24 heavy (non-hydrogen) atoms. The Labute approximate surface area is 160 Å². The predicted molar refractivity (Wildman–Crippen MR) is 106 cm³/mol. The van der Waals surface area contributed by atoms with E-state index in [-0.39, 0.29) is 12.4 Å². The number of nitrogens with one attached hydrogen (secondary N) is 1. The minimum atomic E-state index is 0. The van der Waals surface area contributed by atoms with E-state index in [9.17, 15) is 0 Å². The van der Waals surface area contributed by atoms with Gasteiger partial charge >= 0.3 is 0 Å². The van der Waals surface area contributed by atoms with Crippen LogP contribution in [-0.4, -0.2) is 57.9 Å². The zero-order valence-electron chi connectivity index (χ0n) is 14.5. The van der Waals surface area contributed by atoms with Crippen molar-refractivity contribution in [2.75, 3.05) is 57.9 Å². The highest BCUT2D eigenvalue weighted by molar-refractivity contribution is 9.10. The summed E-state index contributed by atoms with van der Waals surface area (Å²) in [6, 6.07) is 6.74. The maximum absolute atomic E-state index is 5.51. The maximum Gasteiger partial charge on any atom is 0.0642 e. The van der Waals surface area contributed by atoms with Gasteiger partial charge in [-0.05, 0) is 56.6 Å². The fourth-order valence-electron chi connectivity index (χ4n) is 3.76. The Balaban J connectivity index is 0.00000208. The molecular formula is C18H29BrClN3O. The first-order chi connectivity index (χ1) is 11.3. The quantitative estimate of drug-likeness (QED) is 0.795. The minimum Gasteiger partial charge on any atom is -0.378 e. The molecule has 4 nitrogen and oxygen atoms in total. The average Bonchev–Trinajstić information content (AvgIpc) is 2.58. The third-order valence-corrected chi connectivity index (χ3v) is 5.38. The molecule has 0 aliphatic carbocycles. The first kappa shape index (κ1) is 20.0. The number of benzene rings is 1.